The second-order valence-electron chi connectivity index (χ2n) is 2.11. The minimum absolute atomic E-state index is 0.343. The molecule has 5 heteroatoms. The van der Waals surface area contributed by atoms with Crippen LogP contribution in [0.5, 0.6) is 0 Å². The Kier molecular flexibility index (Phi) is 2.99. The van der Waals surface area contributed by atoms with E-state index in [0.29, 0.717) is 4.88 Å². The summed E-state index contributed by atoms with van der Waals surface area (Å²) in [5.41, 5.74) is 0. The fraction of sp³-hybridized carbons (Fsp3) is 0.143. The van der Waals surface area contributed by atoms with Gasteiger partial charge in [0.15, 0.2) is 0 Å². The molecule has 0 aromatic carbocycles. The van der Waals surface area contributed by atoms with Crippen molar-refractivity contribution in [2.45, 2.75) is 6.92 Å². The summed E-state index contributed by atoms with van der Waals surface area (Å²) in [6.45, 7) is 1.31. The van der Waals surface area contributed by atoms with E-state index in [9.17, 15) is 9.59 Å². The van der Waals surface area contributed by atoms with Gasteiger partial charge in [-0.15, -0.1) is 11.3 Å². The van der Waals surface area contributed by atoms with Crippen molar-refractivity contribution in [1.82, 2.24) is 5.32 Å². The molecule has 1 N–H and O–H groups in total. The van der Waals surface area contributed by atoms with Gasteiger partial charge in [-0.2, -0.15) is 0 Å². The number of hydrogen-bond donors (Lipinski definition) is 1. The SMILES string of the molecule is CC(=O)NC(=O)c1ccc(Br)s1. The molecule has 2 amide bonds. The molecular formula is C7H6BrNO2S. The maximum Gasteiger partial charge on any atom is 0.267 e. The van der Waals surface area contributed by atoms with Gasteiger partial charge < -0.3 is 0 Å². The smallest absolute Gasteiger partial charge is 0.267 e. The Morgan fingerprint density at radius 1 is 1.50 bits per heavy atom. The van der Waals surface area contributed by atoms with Crippen molar-refractivity contribution in [3.63, 3.8) is 0 Å². The van der Waals surface area contributed by atoms with Gasteiger partial charge in [-0.05, 0) is 28.1 Å². The highest BCUT2D eigenvalue weighted by molar-refractivity contribution is 9.11. The van der Waals surface area contributed by atoms with Crippen LogP contribution < -0.4 is 5.32 Å². The largest absolute Gasteiger partial charge is 0.292 e. The van der Waals surface area contributed by atoms with Crippen molar-refractivity contribution >= 4 is 39.1 Å². The van der Waals surface area contributed by atoms with E-state index in [1.807, 2.05) is 0 Å². The van der Waals surface area contributed by atoms with Gasteiger partial charge in [-0.25, -0.2) is 0 Å². The highest BCUT2D eigenvalue weighted by Gasteiger charge is 2.08. The Balaban J connectivity index is 2.72. The molecule has 3 nitrogen and oxygen atoms in total. The fourth-order valence-electron chi connectivity index (χ4n) is 0.658. The Bertz CT molecular complexity index is 321. The van der Waals surface area contributed by atoms with Crippen LogP contribution in [0.25, 0.3) is 0 Å². The molecule has 12 heavy (non-hydrogen) atoms. The van der Waals surface area contributed by atoms with Crippen molar-refractivity contribution in [2.24, 2.45) is 0 Å². The molecule has 0 spiro atoms. The van der Waals surface area contributed by atoms with E-state index in [2.05, 4.69) is 21.2 Å². The molecule has 1 heterocycles. The van der Waals surface area contributed by atoms with Gasteiger partial charge in [0, 0.05) is 6.92 Å². The molecule has 0 unspecified atom stereocenters. The van der Waals surface area contributed by atoms with Gasteiger partial charge in [0.25, 0.3) is 5.91 Å². The van der Waals surface area contributed by atoms with Crippen LogP contribution in [0.15, 0.2) is 15.9 Å². The van der Waals surface area contributed by atoms with E-state index in [1.165, 1.54) is 18.3 Å². The number of carbonyl (C=O) groups is 2. The van der Waals surface area contributed by atoms with Crippen LogP contribution in [0.2, 0.25) is 0 Å². The normalized spacial score (nSPS) is 9.50. The molecule has 0 bridgehead atoms. The number of carbonyl (C=O) groups excluding carboxylic acids is 2. The van der Waals surface area contributed by atoms with E-state index in [0.717, 1.165) is 3.79 Å². The van der Waals surface area contributed by atoms with Gasteiger partial charge in [-0.1, -0.05) is 0 Å². The second-order valence-corrected chi connectivity index (χ2v) is 4.58. The molecule has 0 fully saturated rings. The minimum atomic E-state index is -0.349. The van der Waals surface area contributed by atoms with Crippen molar-refractivity contribution in [2.75, 3.05) is 0 Å². The van der Waals surface area contributed by atoms with Crippen LogP contribution in [-0.2, 0) is 4.79 Å². The van der Waals surface area contributed by atoms with Crippen molar-refractivity contribution in [1.29, 1.82) is 0 Å². The molecule has 0 aliphatic heterocycles. The number of nitrogens with one attached hydrogen (secondary N) is 1. The van der Waals surface area contributed by atoms with E-state index in [-0.39, 0.29) is 11.8 Å². The monoisotopic (exact) mass is 247 g/mol. The zero-order valence-electron chi connectivity index (χ0n) is 6.26. The quantitative estimate of drug-likeness (QED) is 0.823. The summed E-state index contributed by atoms with van der Waals surface area (Å²) in [7, 11) is 0. The maximum atomic E-state index is 11.1. The summed E-state index contributed by atoms with van der Waals surface area (Å²) in [5, 5.41) is 2.18. The molecule has 1 aromatic heterocycles. The molecule has 1 rings (SSSR count). The van der Waals surface area contributed by atoms with Crippen molar-refractivity contribution in [3.05, 3.63) is 20.8 Å². The molecule has 0 radical (unpaired) electrons. The zero-order chi connectivity index (χ0) is 9.14. The number of imide groups is 1. The van der Waals surface area contributed by atoms with E-state index < -0.39 is 0 Å². The lowest BCUT2D eigenvalue weighted by Gasteiger charge is -1.95. The standard InChI is InChI=1S/C7H6BrNO2S/c1-4(10)9-7(11)5-2-3-6(8)12-5/h2-3H,1H3,(H,9,10,11). The fourth-order valence-corrected chi connectivity index (χ4v) is 1.94. The summed E-state index contributed by atoms with van der Waals surface area (Å²) >= 11 is 4.51. The van der Waals surface area contributed by atoms with Crippen LogP contribution in [0.4, 0.5) is 0 Å². The Labute approximate surface area is 81.9 Å². The van der Waals surface area contributed by atoms with Gasteiger partial charge in [0.1, 0.15) is 0 Å². The topological polar surface area (TPSA) is 46.2 Å². The highest BCUT2D eigenvalue weighted by Crippen LogP contribution is 2.21. The lowest BCUT2D eigenvalue weighted by atomic mass is 10.4. The molecule has 1 aromatic rings. The number of rotatable bonds is 1. The first kappa shape index (κ1) is 9.41. The van der Waals surface area contributed by atoms with E-state index in [4.69, 9.17) is 0 Å². The number of thiophene rings is 1. The number of halogens is 1. The summed E-state index contributed by atoms with van der Waals surface area (Å²) in [5.74, 6) is -0.692. The van der Waals surface area contributed by atoms with Crippen LogP contribution in [0, 0.1) is 0 Å². The Morgan fingerprint density at radius 3 is 2.58 bits per heavy atom. The second kappa shape index (κ2) is 3.82. The van der Waals surface area contributed by atoms with Crippen LogP contribution in [0.3, 0.4) is 0 Å². The lowest BCUT2D eigenvalue weighted by Crippen LogP contribution is -2.27. The molecule has 0 aliphatic carbocycles. The minimum Gasteiger partial charge on any atom is -0.292 e. The number of hydrogen-bond acceptors (Lipinski definition) is 3. The molecule has 0 aliphatic rings. The number of amides is 2. The van der Waals surface area contributed by atoms with Gasteiger partial charge >= 0.3 is 0 Å². The Morgan fingerprint density at radius 2 is 2.17 bits per heavy atom. The van der Waals surface area contributed by atoms with Crippen LogP contribution >= 0.6 is 27.3 Å². The highest BCUT2D eigenvalue weighted by atomic mass is 79.9. The van der Waals surface area contributed by atoms with E-state index in [1.54, 1.807) is 12.1 Å². The summed E-state index contributed by atoms with van der Waals surface area (Å²) in [4.78, 5) is 22.1. The summed E-state index contributed by atoms with van der Waals surface area (Å²) in [6, 6.07) is 3.42. The average molecular weight is 248 g/mol. The predicted molar refractivity (Wildman–Crippen MR) is 50.2 cm³/mol. The first-order chi connectivity index (χ1) is 5.59. The van der Waals surface area contributed by atoms with Crippen LogP contribution in [-0.4, -0.2) is 11.8 Å². The van der Waals surface area contributed by atoms with E-state index >= 15 is 0 Å². The maximum absolute atomic E-state index is 11.1. The third kappa shape index (κ3) is 2.42. The average Bonchev–Trinajstić information content (AvgIpc) is 2.34. The summed E-state index contributed by atoms with van der Waals surface area (Å²) < 4.78 is 0.871. The van der Waals surface area contributed by atoms with Crippen LogP contribution in [0.1, 0.15) is 16.6 Å². The van der Waals surface area contributed by atoms with Gasteiger partial charge in [-0.3, -0.25) is 14.9 Å². The molecular weight excluding hydrogens is 242 g/mol. The Hall–Kier alpha value is -0.680. The van der Waals surface area contributed by atoms with Crippen molar-refractivity contribution < 1.29 is 9.59 Å². The third-order valence-corrected chi connectivity index (χ3v) is 2.71. The molecule has 64 valence electrons. The lowest BCUT2D eigenvalue weighted by molar-refractivity contribution is -0.118. The first-order valence-electron chi connectivity index (χ1n) is 3.17. The predicted octanol–water partition coefficient (Wildman–Crippen LogP) is 1.79. The molecule has 0 saturated carbocycles. The van der Waals surface area contributed by atoms with Crippen molar-refractivity contribution in [3.8, 4) is 0 Å². The van der Waals surface area contributed by atoms with Gasteiger partial charge in [0.05, 0.1) is 8.66 Å². The summed E-state index contributed by atoms with van der Waals surface area (Å²) in [6.07, 6.45) is 0. The van der Waals surface area contributed by atoms with Gasteiger partial charge in [0.2, 0.25) is 5.91 Å². The molecule has 0 saturated heterocycles. The first-order valence-corrected chi connectivity index (χ1v) is 4.78. The zero-order valence-corrected chi connectivity index (χ0v) is 8.66. The third-order valence-electron chi connectivity index (χ3n) is 1.09. The molecule has 0 atom stereocenters.